The number of para-hydroxylation sites is 1. The van der Waals surface area contributed by atoms with Gasteiger partial charge in [0.1, 0.15) is 18.7 Å². The lowest BCUT2D eigenvalue weighted by Crippen LogP contribution is -2.48. The molecule has 2 aromatic heterocycles. The Bertz CT molecular complexity index is 1170. The molecule has 3 N–H and O–H groups in total. The maximum absolute atomic E-state index is 12.7. The molecule has 0 bridgehead atoms. The number of hydrogen-bond acceptors (Lipinski definition) is 9. The van der Waals surface area contributed by atoms with Gasteiger partial charge in [-0.25, -0.2) is 9.97 Å². The molecule has 0 aliphatic carbocycles. The summed E-state index contributed by atoms with van der Waals surface area (Å²) in [6, 6.07) is 7.90. The number of hydrogen-bond donors (Lipinski definition) is 3. The topological polar surface area (TPSA) is 120 Å². The van der Waals surface area contributed by atoms with E-state index < -0.39 is 0 Å². The standard InChI is InChI=1S/C24H28N6O4/c1-32-23-14-28-18-3-2-4-19(24(18)30-23)29-22(31)10-15-5-6-16(11-25-15)26-12-17-9-20-21(13-27-17)34-8-7-33-20/h2-4,9,13-16,25-26H,5-8,10-12H2,1H3,(H,29,31). The number of ether oxygens (including phenoxy) is 3. The molecule has 1 aromatic carbocycles. The zero-order valence-electron chi connectivity index (χ0n) is 19.0. The molecular weight excluding hydrogens is 436 g/mol. The number of anilines is 1. The maximum atomic E-state index is 12.7. The van der Waals surface area contributed by atoms with Crippen LogP contribution in [-0.2, 0) is 11.3 Å². The van der Waals surface area contributed by atoms with Gasteiger partial charge in [-0.2, -0.15) is 0 Å². The van der Waals surface area contributed by atoms with Gasteiger partial charge in [0.05, 0.1) is 36.4 Å². The van der Waals surface area contributed by atoms with E-state index in [-0.39, 0.29) is 11.9 Å². The average molecular weight is 465 g/mol. The van der Waals surface area contributed by atoms with Gasteiger partial charge in [-0.05, 0) is 25.0 Å². The molecule has 4 heterocycles. The van der Waals surface area contributed by atoms with Gasteiger partial charge in [0.25, 0.3) is 0 Å². The largest absolute Gasteiger partial charge is 0.486 e. The first-order valence-electron chi connectivity index (χ1n) is 11.5. The van der Waals surface area contributed by atoms with Crippen LogP contribution in [0.5, 0.6) is 17.4 Å². The SMILES string of the molecule is COc1cnc2cccc(NC(=O)CC3CCC(NCc4cc5c(cn4)OCCO5)CN3)c2n1. The van der Waals surface area contributed by atoms with Crippen LogP contribution in [0.3, 0.4) is 0 Å². The van der Waals surface area contributed by atoms with Crippen molar-refractivity contribution in [2.24, 2.45) is 0 Å². The molecule has 10 nitrogen and oxygen atoms in total. The Morgan fingerprint density at radius 3 is 2.88 bits per heavy atom. The van der Waals surface area contributed by atoms with E-state index in [1.807, 2.05) is 24.3 Å². The molecule has 1 amide bonds. The summed E-state index contributed by atoms with van der Waals surface area (Å²) in [6.07, 6.45) is 5.56. The Labute approximate surface area is 197 Å². The van der Waals surface area contributed by atoms with E-state index in [0.717, 1.165) is 30.8 Å². The number of carbonyl (C=O) groups is 1. The van der Waals surface area contributed by atoms with Crippen LogP contribution < -0.4 is 30.2 Å². The lowest BCUT2D eigenvalue weighted by Gasteiger charge is -2.30. The summed E-state index contributed by atoms with van der Waals surface area (Å²) in [5, 5.41) is 10.0. The molecule has 3 aromatic rings. The van der Waals surface area contributed by atoms with Crippen LogP contribution in [0.2, 0.25) is 0 Å². The second kappa shape index (κ2) is 10.2. The van der Waals surface area contributed by atoms with Crippen molar-refractivity contribution in [2.75, 3.05) is 32.2 Å². The summed E-state index contributed by atoms with van der Waals surface area (Å²) < 4.78 is 16.3. The van der Waals surface area contributed by atoms with Crippen molar-refractivity contribution in [3.63, 3.8) is 0 Å². The number of nitrogens with zero attached hydrogens (tertiary/aromatic N) is 3. The fourth-order valence-electron chi connectivity index (χ4n) is 4.24. The molecule has 2 aliphatic rings. The smallest absolute Gasteiger partial charge is 0.232 e. The monoisotopic (exact) mass is 464 g/mol. The normalized spacial score (nSPS) is 19.6. The summed E-state index contributed by atoms with van der Waals surface area (Å²) in [4.78, 5) is 25.9. The van der Waals surface area contributed by atoms with E-state index >= 15 is 0 Å². The van der Waals surface area contributed by atoms with Gasteiger partial charge < -0.3 is 30.2 Å². The van der Waals surface area contributed by atoms with Crippen LogP contribution >= 0.6 is 0 Å². The predicted octanol–water partition coefficient (Wildman–Crippen LogP) is 2.04. The van der Waals surface area contributed by atoms with Gasteiger partial charge in [-0.1, -0.05) is 6.07 Å². The van der Waals surface area contributed by atoms with E-state index in [9.17, 15) is 4.79 Å². The number of amides is 1. The van der Waals surface area contributed by atoms with E-state index in [4.69, 9.17) is 14.2 Å². The van der Waals surface area contributed by atoms with Crippen molar-refractivity contribution in [1.29, 1.82) is 0 Å². The molecule has 1 fully saturated rings. The van der Waals surface area contributed by atoms with Crippen LogP contribution in [0, 0.1) is 0 Å². The number of aromatic nitrogens is 3. The first kappa shape index (κ1) is 22.3. The van der Waals surface area contributed by atoms with Crippen molar-refractivity contribution in [2.45, 2.75) is 37.9 Å². The summed E-state index contributed by atoms with van der Waals surface area (Å²) in [5.74, 6) is 1.81. The Kier molecular flexibility index (Phi) is 6.68. The average Bonchev–Trinajstić information content (AvgIpc) is 2.88. The minimum absolute atomic E-state index is 0.0542. The third-order valence-electron chi connectivity index (χ3n) is 6.04. The van der Waals surface area contributed by atoms with Gasteiger partial charge in [-0.15, -0.1) is 0 Å². The molecule has 178 valence electrons. The van der Waals surface area contributed by atoms with Gasteiger partial charge in [0.2, 0.25) is 11.8 Å². The number of benzene rings is 1. The number of piperidine rings is 1. The number of carbonyl (C=O) groups excluding carboxylic acids is 1. The lowest BCUT2D eigenvalue weighted by atomic mass is 9.98. The second-order valence-corrected chi connectivity index (χ2v) is 8.42. The van der Waals surface area contributed by atoms with Crippen LogP contribution in [0.25, 0.3) is 11.0 Å². The van der Waals surface area contributed by atoms with Crippen molar-refractivity contribution >= 4 is 22.6 Å². The molecule has 5 rings (SSSR count). The van der Waals surface area contributed by atoms with Crippen LogP contribution in [0.4, 0.5) is 5.69 Å². The molecule has 2 aliphatic heterocycles. The van der Waals surface area contributed by atoms with Crippen molar-refractivity contribution in [1.82, 2.24) is 25.6 Å². The van der Waals surface area contributed by atoms with Crippen molar-refractivity contribution in [3.05, 3.63) is 42.4 Å². The van der Waals surface area contributed by atoms with Crippen LogP contribution in [0.1, 0.15) is 25.0 Å². The third-order valence-corrected chi connectivity index (χ3v) is 6.04. The van der Waals surface area contributed by atoms with Gasteiger partial charge in [-0.3, -0.25) is 9.78 Å². The molecule has 0 spiro atoms. The molecular formula is C24H28N6O4. The minimum atomic E-state index is -0.0542. The fraction of sp³-hybridized carbons (Fsp3) is 0.417. The molecule has 0 radical (unpaired) electrons. The molecule has 0 saturated carbocycles. The number of nitrogens with one attached hydrogen (secondary N) is 3. The Hall–Kier alpha value is -3.50. The van der Waals surface area contributed by atoms with E-state index in [1.165, 1.54) is 0 Å². The van der Waals surface area contributed by atoms with Crippen molar-refractivity contribution < 1.29 is 19.0 Å². The first-order valence-corrected chi connectivity index (χ1v) is 11.5. The minimum Gasteiger partial charge on any atom is -0.486 e. The Morgan fingerprint density at radius 2 is 2.06 bits per heavy atom. The fourth-order valence-corrected chi connectivity index (χ4v) is 4.24. The number of rotatable bonds is 7. The van der Waals surface area contributed by atoms with Crippen LogP contribution in [-0.4, -0.2) is 59.8 Å². The summed E-state index contributed by atoms with van der Waals surface area (Å²) in [5.41, 5.74) is 2.87. The van der Waals surface area contributed by atoms with E-state index in [1.54, 1.807) is 19.5 Å². The molecule has 10 heteroatoms. The number of methoxy groups -OCH3 is 1. The first-order chi connectivity index (χ1) is 16.7. The Balaban J connectivity index is 1.10. The summed E-state index contributed by atoms with van der Waals surface area (Å²) in [7, 11) is 1.54. The highest BCUT2D eigenvalue weighted by Crippen LogP contribution is 2.29. The van der Waals surface area contributed by atoms with E-state index in [0.29, 0.717) is 60.6 Å². The highest BCUT2D eigenvalue weighted by atomic mass is 16.6. The summed E-state index contributed by atoms with van der Waals surface area (Å²) >= 11 is 0. The highest BCUT2D eigenvalue weighted by Gasteiger charge is 2.23. The quantitative estimate of drug-likeness (QED) is 0.482. The lowest BCUT2D eigenvalue weighted by molar-refractivity contribution is -0.116. The predicted molar refractivity (Wildman–Crippen MR) is 126 cm³/mol. The maximum Gasteiger partial charge on any atom is 0.232 e. The Morgan fingerprint density at radius 1 is 1.18 bits per heavy atom. The second-order valence-electron chi connectivity index (χ2n) is 8.42. The number of pyridine rings is 1. The van der Waals surface area contributed by atoms with Gasteiger partial charge in [0, 0.05) is 37.7 Å². The zero-order chi connectivity index (χ0) is 23.3. The molecule has 2 unspecified atom stereocenters. The van der Waals surface area contributed by atoms with Gasteiger partial charge in [0.15, 0.2) is 11.5 Å². The van der Waals surface area contributed by atoms with E-state index in [2.05, 4.69) is 30.9 Å². The highest BCUT2D eigenvalue weighted by molar-refractivity contribution is 5.99. The van der Waals surface area contributed by atoms with Gasteiger partial charge >= 0.3 is 0 Å². The number of fused-ring (bicyclic) bond motifs is 2. The summed E-state index contributed by atoms with van der Waals surface area (Å²) in [6.45, 7) is 2.57. The molecule has 34 heavy (non-hydrogen) atoms. The molecule has 2 atom stereocenters. The zero-order valence-corrected chi connectivity index (χ0v) is 19.0. The van der Waals surface area contributed by atoms with Crippen molar-refractivity contribution in [3.8, 4) is 17.4 Å². The van der Waals surface area contributed by atoms with Crippen LogP contribution in [0.15, 0.2) is 36.7 Å². The molecule has 1 saturated heterocycles. The third kappa shape index (κ3) is 5.18.